The van der Waals surface area contributed by atoms with E-state index in [-0.39, 0.29) is 11.4 Å². The number of nitro benzene ring substituents is 1. The van der Waals surface area contributed by atoms with Crippen molar-refractivity contribution in [2.75, 3.05) is 6.61 Å². The maximum atomic E-state index is 13.3. The molecule has 0 unspecified atom stereocenters. The highest BCUT2D eigenvalue weighted by molar-refractivity contribution is 6.18. The largest absolute Gasteiger partial charge is 0.492 e. The van der Waals surface area contributed by atoms with Gasteiger partial charge in [0.2, 0.25) is 0 Å². The van der Waals surface area contributed by atoms with Crippen LogP contribution < -0.4 is 9.47 Å². The predicted molar refractivity (Wildman–Crippen MR) is 134 cm³/mol. The average molecular weight is 466 g/mol. The van der Waals surface area contributed by atoms with Crippen molar-refractivity contribution in [3.05, 3.63) is 112 Å². The first-order chi connectivity index (χ1) is 17.1. The topological polar surface area (TPSA) is 83.6 Å². The van der Waals surface area contributed by atoms with Crippen LogP contribution in [0.25, 0.3) is 21.8 Å². The second-order valence-corrected chi connectivity index (χ2v) is 8.00. The van der Waals surface area contributed by atoms with E-state index in [1.165, 1.54) is 24.3 Å². The number of aromatic nitrogens is 1. The summed E-state index contributed by atoms with van der Waals surface area (Å²) in [4.78, 5) is 23.8. The molecule has 5 aromatic rings. The van der Waals surface area contributed by atoms with Crippen molar-refractivity contribution in [2.24, 2.45) is 0 Å². The molecule has 0 saturated carbocycles. The van der Waals surface area contributed by atoms with Crippen LogP contribution in [0.15, 0.2) is 91.0 Å². The summed E-state index contributed by atoms with van der Waals surface area (Å²) in [5, 5.41) is 12.6. The Morgan fingerprint density at radius 1 is 0.914 bits per heavy atom. The van der Waals surface area contributed by atoms with Crippen molar-refractivity contribution in [1.29, 1.82) is 0 Å². The average Bonchev–Trinajstić information content (AvgIpc) is 3.20. The number of rotatable bonds is 7. The van der Waals surface area contributed by atoms with Gasteiger partial charge in [0.1, 0.15) is 11.5 Å². The van der Waals surface area contributed by atoms with Crippen molar-refractivity contribution in [3.8, 4) is 11.5 Å². The Balaban J connectivity index is 1.66. The number of nitrogens with zero attached hydrogens (tertiary/aromatic N) is 2. The van der Waals surface area contributed by atoms with Crippen molar-refractivity contribution in [1.82, 2.24) is 4.57 Å². The van der Waals surface area contributed by atoms with E-state index >= 15 is 0 Å². The van der Waals surface area contributed by atoms with E-state index in [2.05, 4.69) is 16.7 Å². The molecule has 0 fully saturated rings. The minimum absolute atomic E-state index is 0.0720. The van der Waals surface area contributed by atoms with Crippen LogP contribution in [0.1, 0.15) is 22.8 Å². The maximum absolute atomic E-state index is 13.3. The van der Waals surface area contributed by atoms with Crippen molar-refractivity contribution >= 4 is 33.5 Å². The van der Waals surface area contributed by atoms with Crippen LogP contribution in [0, 0.1) is 10.1 Å². The van der Waals surface area contributed by atoms with E-state index in [1.54, 1.807) is 12.1 Å². The lowest BCUT2D eigenvalue weighted by molar-refractivity contribution is -0.384. The first kappa shape index (κ1) is 22.2. The van der Waals surface area contributed by atoms with Gasteiger partial charge in [-0.2, -0.15) is 0 Å². The summed E-state index contributed by atoms with van der Waals surface area (Å²) in [6, 6.07) is 27.0. The Kier molecular flexibility index (Phi) is 5.89. The van der Waals surface area contributed by atoms with E-state index in [1.807, 2.05) is 49.4 Å². The van der Waals surface area contributed by atoms with Gasteiger partial charge in [0.15, 0.2) is 0 Å². The van der Waals surface area contributed by atoms with Gasteiger partial charge in [-0.25, -0.2) is 4.79 Å². The molecular formula is C28H22N2O5. The number of para-hydroxylation sites is 1. The molecule has 4 aromatic carbocycles. The summed E-state index contributed by atoms with van der Waals surface area (Å²) in [5.41, 5.74) is 3.23. The molecule has 35 heavy (non-hydrogen) atoms. The molecule has 0 atom stereocenters. The zero-order chi connectivity index (χ0) is 24.4. The molecule has 1 aromatic heterocycles. The fourth-order valence-electron chi connectivity index (χ4n) is 4.32. The number of hydrogen-bond donors (Lipinski definition) is 0. The molecule has 0 amide bonds. The van der Waals surface area contributed by atoms with Crippen LogP contribution >= 0.6 is 0 Å². The molecule has 0 spiro atoms. The third kappa shape index (κ3) is 4.19. The third-order valence-corrected chi connectivity index (χ3v) is 5.84. The lowest BCUT2D eigenvalue weighted by Gasteiger charge is -2.13. The zero-order valence-corrected chi connectivity index (χ0v) is 19.0. The van der Waals surface area contributed by atoms with Gasteiger partial charge in [0.05, 0.1) is 22.6 Å². The van der Waals surface area contributed by atoms with E-state index in [9.17, 15) is 14.9 Å². The summed E-state index contributed by atoms with van der Waals surface area (Å²) in [6.07, 6.45) is 0. The van der Waals surface area contributed by atoms with E-state index in [0.717, 1.165) is 27.4 Å². The second kappa shape index (κ2) is 9.30. The molecule has 7 nitrogen and oxygen atoms in total. The second-order valence-electron chi connectivity index (χ2n) is 8.00. The van der Waals surface area contributed by atoms with Gasteiger partial charge in [0.25, 0.3) is 5.69 Å². The highest BCUT2D eigenvalue weighted by Gasteiger charge is 2.23. The molecule has 0 radical (unpaired) electrons. The fourth-order valence-corrected chi connectivity index (χ4v) is 4.32. The SMILES string of the molecule is CCOc1ccc(C(=O)Oc2ccc([N+](=O)[O-])cc2)c2c3ccccc3n(Cc3ccccc3)c12. The molecule has 5 rings (SSSR count). The maximum Gasteiger partial charge on any atom is 0.344 e. The Bertz CT molecular complexity index is 1540. The number of carbonyl (C=O) groups excluding carboxylic acids is 1. The molecule has 0 bridgehead atoms. The number of nitro groups is 1. The lowest BCUT2D eigenvalue weighted by atomic mass is 10.1. The van der Waals surface area contributed by atoms with Gasteiger partial charge < -0.3 is 14.0 Å². The number of benzene rings is 4. The minimum Gasteiger partial charge on any atom is -0.492 e. The number of fused-ring (bicyclic) bond motifs is 3. The highest BCUT2D eigenvalue weighted by Crippen LogP contribution is 2.38. The molecule has 1 heterocycles. The normalized spacial score (nSPS) is 11.0. The predicted octanol–water partition coefficient (Wildman–Crippen LogP) is 6.37. The summed E-state index contributed by atoms with van der Waals surface area (Å²) in [7, 11) is 0. The Labute approximate surface area is 201 Å². The van der Waals surface area contributed by atoms with Crippen LogP contribution in [-0.2, 0) is 6.54 Å². The summed E-state index contributed by atoms with van der Waals surface area (Å²) in [5.74, 6) is 0.367. The number of hydrogen-bond acceptors (Lipinski definition) is 5. The number of ether oxygens (including phenoxy) is 2. The summed E-state index contributed by atoms with van der Waals surface area (Å²) < 4.78 is 13.7. The first-order valence-electron chi connectivity index (χ1n) is 11.2. The van der Waals surface area contributed by atoms with Crippen LogP contribution in [0.2, 0.25) is 0 Å². The third-order valence-electron chi connectivity index (χ3n) is 5.84. The summed E-state index contributed by atoms with van der Waals surface area (Å²) >= 11 is 0. The summed E-state index contributed by atoms with van der Waals surface area (Å²) in [6.45, 7) is 3.01. The van der Waals surface area contributed by atoms with Gasteiger partial charge in [0, 0.05) is 35.0 Å². The van der Waals surface area contributed by atoms with Gasteiger partial charge in [-0.3, -0.25) is 10.1 Å². The quantitative estimate of drug-likeness (QED) is 0.120. The fraction of sp³-hybridized carbons (Fsp3) is 0.107. The molecule has 0 aliphatic rings. The van der Waals surface area contributed by atoms with Gasteiger partial charge >= 0.3 is 5.97 Å². The van der Waals surface area contributed by atoms with Crippen molar-refractivity contribution in [3.63, 3.8) is 0 Å². The Hall–Kier alpha value is -4.65. The van der Waals surface area contributed by atoms with Gasteiger partial charge in [-0.1, -0.05) is 48.5 Å². The highest BCUT2D eigenvalue weighted by atomic mass is 16.6. The molecule has 174 valence electrons. The molecule has 0 N–H and O–H groups in total. The van der Waals surface area contributed by atoms with E-state index in [0.29, 0.717) is 24.5 Å². The Morgan fingerprint density at radius 2 is 1.63 bits per heavy atom. The van der Waals surface area contributed by atoms with E-state index < -0.39 is 10.9 Å². The number of esters is 1. The molecule has 0 saturated heterocycles. The molecule has 0 aliphatic heterocycles. The van der Waals surface area contributed by atoms with Crippen molar-refractivity contribution in [2.45, 2.75) is 13.5 Å². The van der Waals surface area contributed by atoms with Crippen LogP contribution in [0.5, 0.6) is 11.5 Å². The number of carbonyl (C=O) groups is 1. The first-order valence-corrected chi connectivity index (χ1v) is 11.2. The van der Waals surface area contributed by atoms with Crippen molar-refractivity contribution < 1.29 is 19.2 Å². The Morgan fingerprint density at radius 3 is 2.34 bits per heavy atom. The monoisotopic (exact) mass is 466 g/mol. The smallest absolute Gasteiger partial charge is 0.344 e. The van der Waals surface area contributed by atoms with Gasteiger partial charge in [-0.15, -0.1) is 0 Å². The van der Waals surface area contributed by atoms with Crippen LogP contribution in [0.3, 0.4) is 0 Å². The molecule has 7 heteroatoms. The van der Waals surface area contributed by atoms with Crippen LogP contribution in [0.4, 0.5) is 5.69 Å². The zero-order valence-electron chi connectivity index (χ0n) is 19.0. The van der Waals surface area contributed by atoms with Crippen LogP contribution in [-0.4, -0.2) is 22.1 Å². The van der Waals surface area contributed by atoms with Gasteiger partial charge in [-0.05, 0) is 42.8 Å². The standard InChI is InChI=1S/C28H22N2O5/c1-2-34-25-17-16-23(28(31)35-21-14-12-20(13-15-21)30(32)33)26-22-10-6-7-11-24(22)29(27(25)26)18-19-8-4-3-5-9-19/h3-17H,2,18H2,1H3. The minimum atomic E-state index is -0.547. The molecule has 0 aliphatic carbocycles. The lowest BCUT2D eigenvalue weighted by Crippen LogP contribution is -2.10. The number of non-ortho nitro benzene ring substituents is 1. The van der Waals surface area contributed by atoms with E-state index in [4.69, 9.17) is 9.47 Å². The molecular weight excluding hydrogens is 444 g/mol.